The van der Waals surface area contributed by atoms with Crippen LogP contribution in [-0.2, 0) is 16.1 Å². The molecule has 1 heterocycles. The Kier molecular flexibility index (Phi) is 6.42. The van der Waals surface area contributed by atoms with Gasteiger partial charge in [0.25, 0.3) is 5.91 Å². The average molecular weight is 429 g/mol. The number of benzene rings is 2. The van der Waals surface area contributed by atoms with Crippen LogP contribution >= 0.6 is 11.3 Å². The third-order valence-electron chi connectivity index (χ3n) is 4.01. The fourth-order valence-electron chi connectivity index (χ4n) is 2.66. The number of aliphatic carboxylic acids is 1. The Balaban J connectivity index is 2.11. The van der Waals surface area contributed by atoms with Crippen molar-refractivity contribution in [2.75, 3.05) is 10.8 Å². The minimum absolute atomic E-state index is 0.106. The molecule has 150 valence electrons. The molecular weight excluding hydrogens is 412 g/mol. The highest BCUT2D eigenvalue weighted by molar-refractivity contribution is 7.81. The SMILES string of the molecule is Cc1ccc(N(c2cc(-c3ccccc3)sc2C(=O)NCC(=O)O)S(=O)[O-])cc1. The summed E-state index contributed by atoms with van der Waals surface area (Å²) in [5.41, 5.74) is 2.30. The number of anilines is 2. The first-order valence-corrected chi connectivity index (χ1v) is 10.4. The van der Waals surface area contributed by atoms with E-state index in [0.29, 0.717) is 10.6 Å². The highest BCUT2D eigenvalue weighted by Gasteiger charge is 2.24. The van der Waals surface area contributed by atoms with Crippen LogP contribution in [0, 0.1) is 6.92 Å². The van der Waals surface area contributed by atoms with Crippen molar-refractivity contribution in [3.05, 3.63) is 71.1 Å². The van der Waals surface area contributed by atoms with E-state index in [1.54, 1.807) is 30.3 Å². The summed E-state index contributed by atoms with van der Waals surface area (Å²) in [5.74, 6) is -1.85. The molecule has 0 aliphatic rings. The van der Waals surface area contributed by atoms with Crippen molar-refractivity contribution in [3.8, 4) is 10.4 Å². The van der Waals surface area contributed by atoms with Gasteiger partial charge in [-0.15, -0.1) is 11.3 Å². The van der Waals surface area contributed by atoms with Gasteiger partial charge in [0.05, 0.1) is 22.6 Å². The summed E-state index contributed by atoms with van der Waals surface area (Å²) in [6.07, 6.45) is 0. The van der Waals surface area contributed by atoms with Crippen LogP contribution in [-0.4, -0.2) is 32.3 Å². The topological polar surface area (TPSA) is 110 Å². The number of nitrogens with zero attached hydrogens (tertiary/aromatic N) is 1. The third kappa shape index (κ3) is 4.89. The summed E-state index contributed by atoms with van der Waals surface area (Å²) >= 11 is -1.60. The molecule has 3 rings (SSSR count). The number of carboxylic acids is 1. The van der Waals surface area contributed by atoms with E-state index in [-0.39, 0.29) is 10.6 Å². The molecule has 1 amide bonds. The summed E-state index contributed by atoms with van der Waals surface area (Å²) in [6.45, 7) is 1.31. The van der Waals surface area contributed by atoms with E-state index in [4.69, 9.17) is 5.11 Å². The number of carbonyl (C=O) groups is 2. The number of hydrogen-bond acceptors (Lipinski definition) is 5. The summed E-state index contributed by atoms with van der Waals surface area (Å²) in [6, 6.07) is 17.7. The van der Waals surface area contributed by atoms with Gasteiger partial charge >= 0.3 is 5.97 Å². The van der Waals surface area contributed by atoms with Gasteiger partial charge in [0.2, 0.25) is 0 Å². The van der Waals surface area contributed by atoms with Gasteiger partial charge < -0.3 is 15.0 Å². The van der Waals surface area contributed by atoms with Crippen molar-refractivity contribution >= 4 is 45.9 Å². The van der Waals surface area contributed by atoms with Gasteiger partial charge in [0.1, 0.15) is 11.4 Å². The molecule has 0 fully saturated rings. The zero-order chi connectivity index (χ0) is 21.0. The van der Waals surface area contributed by atoms with Crippen molar-refractivity contribution in [3.63, 3.8) is 0 Å². The van der Waals surface area contributed by atoms with Crippen LogP contribution in [0.4, 0.5) is 11.4 Å². The summed E-state index contributed by atoms with van der Waals surface area (Å²) in [7, 11) is 0. The highest BCUT2D eigenvalue weighted by atomic mass is 32.2. The molecule has 29 heavy (non-hydrogen) atoms. The Morgan fingerprint density at radius 1 is 1.14 bits per heavy atom. The first-order chi connectivity index (χ1) is 13.9. The molecule has 1 atom stereocenters. The summed E-state index contributed by atoms with van der Waals surface area (Å²) in [5, 5.41) is 11.1. The quantitative estimate of drug-likeness (QED) is 0.559. The Morgan fingerprint density at radius 2 is 1.79 bits per heavy atom. The lowest BCUT2D eigenvalue weighted by Gasteiger charge is -2.26. The number of aryl methyl sites for hydroxylation is 1. The Morgan fingerprint density at radius 3 is 2.38 bits per heavy atom. The molecule has 0 aliphatic carbocycles. The largest absolute Gasteiger partial charge is 0.755 e. The second-order valence-electron chi connectivity index (χ2n) is 6.11. The van der Waals surface area contributed by atoms with Gasteiger partial charge in [-0.25, -0.2) is 0 Å². The van der Waals surface area contributed by atoms with Crippen LogP contribution in [0.25, 0.3) is 10.4 Å². The molecule has 9 heteroatoms. The summed E-state index contributed by atoms with van der Waals surface area (Å²) < 4.78 is 25.2. The van der Waals surface area contributed by atoms with Crippen molar-refractivity contribution in [2.24, 2.45) is 0 Å². The standard InChI is InChI=1S/C20H18N2O5S2/c1-13-7-9-15(10-8-13)22(29(26)27)16-11-17(14-5-3-2-4-6-14)28-19(16)20(25)21-12-18(23)24/h2-11H,12H2,1H3,(H,21,25)(H,23,24)(H,26,27)/p-1. The number of carbonyl (C=O) groups excluding carboxylic acids is 1. The molecular formula is C20H17N2O5S2-. The van der Waals surface area contributed by atoms with Crippen LogP contribution in [0.15, 0.2) is 60.7 Å². The van der Waals surface area contributed by atoms with Gasteiger partial charge in [-0.05, 0) is 30.7 Å². The number of carboxylic acid groups (broad SMARTS) is 1. The molecule has 3 aromatic rings. The van der Waals surface area contributed by atoms with E-state index in [0.717, 1.165) is 26.8 Å². The van der Waals surface area contributed by atoms with E-state index in [1.807, 2.05) is 37.3 Å². The molecule has 0 bridgehead atoms. The molecule has 2 aromatic carbocycles. The van der Waals surface area contributed by atoms with Crippen molar-refractivity contribution in [1.82, 2.24) is 5.32 Å². The van der Waals surface area contributed by atoms with E-state index < -0.39 is 29.7 Å². The number of rotatable bonds is 7. The van der Waals surface area contributed by atoms with Crippen molar-refractivity contribution in [2.45, 2.75) is 6.92 Å². The molecule has 1 unspecified atom stereocenters. The predicted molar refractivity (Wildman–Crippen MR) is 112 cm³/mol. The molecule has 2 N–H and O–H groups in total. The van der Waals surface area contributed by atoms with E-state index in [9.17, 15) is 18.4 Å². The first kappa shape index (κ1) is 20.7. The van der Waals surface area contributed by atoms with Gasteiger partial charge in [-0.2, -0.15) is 0 Å². The predicted octanol–water partition coefficient (Wildman–Crippen LogP) is 3.47. The van der Waals surface area contributed by atoms with Gasteiger partial charge in [-0.1, -0.05) is 48.0 Å². The van der Waals surface area contributed by atoms with E-state index in [2.05, 4.69) is 5.32 Å². The summed E-state index contributed by atoms with van der Waals surface area (Å²) in [4.78, 5) is 24.2. The Bertz CT molecular complexity index is 1050. The maximum absolute atomic E-state index is 12.6. The minimum Gasteiger partial charge on any atom is -0.755 e. The fourth-order valence-corrected chi connectivity index (χ4v) is 4.38. The number of thiophene rings is 1. The number of amides is 1. The van der Waals surface area contributed by atoms with Crippen molar-refractivity contribution in [1.29, 1.82) is 0 Å². The van der Waals surface area contributed by atoms with Crippen LogP contribution in [0.3, 0.4) is 0 Å². The fraction of sp³-hybridized carbons (Fsp3) is 0.100. The monoisotopic (exact) mass is 429 g/mol. The normalized spacial score (nSPS) is 11.7. The number of nitrogens with one attached hydrogen (secondary N) is 1. The number of hydrogen-bond donors (Lipinski definition) is 2. The van der Waals surface area contributed by atoms with E-state index in [1.165, 1.54) is 0 Å². The minimum atomic E-state index is -2.70. The average Bonchev–Trinajstić information content (AvgIpc) is 3.13. The Hall–Kier alpha value is -3.01. The van der Waals surface area contributed by atoms with E-state index >= 15 is 0 Å². The van der Waals surface area contributed by atoms with Gasteiger partial charge in [-0.3, -0.25) is 18.1 Å². The van der Waals surface area contributed by atoms with Crippen LogP contribution in [0.5, 0.6) is 0 Å². The first-order valence-electron chi connectivity index (χ1n) is 8.52. The lowest BCUT2D eigenvalue weighted by Crippen LogP contribution is -2.30. The Labute approximate surface area is 174 Å². The smallest absolute Gasteiger partial charge is 0.322 e. The molecule has 0 aliphatic heterocycles. The van der Waals surface area contributed by atoms with Crippen molar-refractivity contribution < 1.29 is 23.5 Å². The van der Waals surface area contributed by atoms with Gasteiger partial charge in [0.15, 0.2) is 0 Å². The van der Waals surface area contributed by atoms with Gasteiger partial charge in [0, 0.05) is 4.88 Å². The van der Waals surface area contributed by atoms with Crippen LogP contribution in [0.2, 0.25) is 0 Å². The molecule has 0 spiro atoms. The maximum Gasteiger partial charge on any atom is 0.322 e. The molecule has 1 aromatic heterocycles. The second-order valence-corrected chi connectivity index (χ2v) is 7.97. The zero-order valence-electron chi connectivity index (χ0n) is 15.3. The molecule has 7 nitrogen and oxygen atoms in total. The molecule has 0 saturated carbocycles. The lowest BCUT2D eigenvalue weighted by atomic mass is 10.2. The third-order valence-corrected chi connectivity index (χ3v) is 5.89. The van der Waals surface area contributed by atoms with Crippen LogP contribution in [0.1, 0.15) is 15.2 Å². The molecule has 0 saturated heterocycles. The zero-order valence-corrected chi connectivity index (χ0v) is 17.0. The maximum atomic E-state index is 12.6. The second kappa shape index (κ2) is 8.99. The highest BCUT2D eigenvalue weighted by Crippen LogP contribution is 2.40. The van der Waals surface area contributed by atoms with Crippen LogP contribution < -0.4 is 9.62 Å². The molecule has 0 radical (unpaired) electrons. The lowest BCUT2D eigenvalue weighted by molar-refractivity contribution is -0.135.